The third-order valence-corrected chi connectivity index (χ3v) is 12.2. The number of aryl methyl sites for hydroxylation is 8. The van der Waals surface area contributed by atoms with Crippen molar-refractivity contribution < 1.29 is 0 Å². The maximum Gasteiger partial charge on any atom is 0.183 e. The van der Waals surface area contributed by atoms with Crippen LogP contribution < -0.4 is 9.80 Å². The molecule has 0 fully saturated rings. The first-order valence-corrected chi connectivity index (χ1v) is 21.5. The van der Waals surface area contributed by atoms with Gasteiger partial charge in [0.15, 0.2) is 45.9 Å². The smallest absolute Gasteiger partial charge is 0.183 e. The molecule has 2 N–H and O–H groups in total. The monoisotopic (exact) mass is 859 g/mol. The van der Waals surface area contributed by atoms with Gasteiger partial charge in [-0.2, -0.15) is 0 Å². The fraction of sp³-hybridized carbons (Fsp3) is 0.333. The zero-order valence-corrected chi connectivity index (χ0v) is 39.9. The molecule has 2 aliphatic heterocycles. The SMILES string of the molecule is Cc1ccc(C)n1C1=C(N(C)C)c2nc1nc1[nH]c(nc3nc(nc4[nH]c(n2)c(-n2c(C)ccc2C)c4N(C)C)C(n2c(C)ccc2C)=C3N(C)C)c(-n2c(C)ccc2C)c1N(C)C. The molecule has 9 heterocycles. The van der Waals surface area contributed by atoms with Crippen LogP contribution in [0.15, 0.2) is 48.5 Å². The second-order valence-electron chi connectivity index (χ2n) is 17.8. The minimum Gasteiger partial charge on any atom is -0.373 e. The maximum atomic E-state index is 5.52. The van der Waals surface area contributed by atoms with Crippen molar-refractivity contribution in [1.29, 1.82) is 0 Å². The number of nitrogens with zero attached hydrogens (tertiary/aromatic N) is 14. The predicted octanol–water partition coefficient (Wildman–Crippen LogP) is 7.55. The molecule has 0 unspecified atom stereocenters. The molecule has 0 radical (unpaired) electrons. The number of hydrogen-bond donors (Lipinski definition) is 2. The molecular formula is C48H58N16. The van der Waals surface area contributed by atoms with E-state index in [-0.39, 0.29) is 0 Å². The Hall–Kier alpha value is -7.36. The van der Waals surface area contributed by atoms with E-state index in [1.54, 1.807) is 0 Å². The van der Waals surface area contributed by atoms with Crippen molar-refractivity contribution in [3.05, 3.63) is 117 Å². The quantitative estimate of drug-likeness (QED) is 0.157. The molecule has 2 aliphatic rings. The van der Waals surface area contributed by atoms with Crippen molar-refractivity contribution in [1.82, 2.24) is 67.9 Å². The van der Waals surface area contributed by atoms with Crippen LogP contribution in [0.4, 0.5) is 11.4 Å². The van der Waals surface area contributed by atoms with Gasteiger partial charge in [-0.1, -0.05) is 0 Å². The molecule has 0 aromatic carbocycles. The number of nitrogens with one attached hydrogen (secondary N) is 2. The number of aromatic amines is 2. The van der Waals surface area contributed by atoms with E-state index in [1.807, 2.05) is 56.4 Å². The van der Waals surface area contributed by atoms with Gasteiger partial charge in [0.05, 0.1) is 0 Å². The van der Waals surface area contributed by atoms with Gasteiger partial charge < -0.3 is 47.8 Å². The van der Waals surface area contributed by atoms with E-state index in [2.05, 4.69) is 152 Å². The molecule has 330 valence electrons. The van der Waals surface area contributed by atoms with Gasteiger partial charge in [0.2, 0.25) is 0 Å². The third kappa shape index (κ3) is 6.41. The fourth-order valence-electron chi connectivity index (χ4n) is 9.40. The number of anilines is 2. The van der Waals surface area contributed by atoms with Gasteiger partial charge in [0, 0.05) is 102 Å². The Bertz CT molecular complexity index is 2980. The lowest BCUT2D eigenvalue weighted by Gasteiger charge is -2.19. The lowest BCUT2D eigenvalue weighted by molar-refractivity contribution is 0.588. The Labute approximate surface area is 373 Å². The largest absolute Gasteiger partial charge is 0.373 e. The van der Waals surface area contributed by atoms with E-state index < -0.39 is 0 Å². The summed E-state index contributed by atoms with van der Waals surface area (Å²) in [4.78, 5) is 48.6. The van der Waals surface area contributed by atoms with E-state index in [4.69, 9.17) is 29.9 Å². The van der Waals surface area contributed by atoms with Crippen molar-refractivity contribution in [3.8, 4) is 11.4 Å². The molecule has 7 aromatic heterocycles. The first-order chi connectivity index (χ1) is 30.4. The normalized spacial score (nSPS) is 12.9. The average molecular weight is 859 g/mol. The lowest BCUT2D eigenvalue weighted by Crippen LogP contribution is -2.15. The van der Waals surface area contributed by atoms with Crippen LogP contribution in [-0.2, 0) is 0 Å². The second-order valence-corrected chi connectivity index (χ2v) is 17.8. The number of rotatable bonds is 8. The van der Waals surface area contributed by atoms with E-state index in [0.717, 1.165) is 91.1 Å². The molecule has 0 spiro atoms. The molecule has 0 saturated carbocycles. The zero-order valence-electron chi connectivity index (χ0n) is 39.9. The van der Waals surface area contributed by atoms with Gasteiger partial charge in [0.1, 0.15) is 45.5 Å². The standard InChI is InChI=1S/C48H58N16/c1-25-17-18-26(2)61(25)37-33(57(9)10)41-49-45(37)53-42-34(58(11)12)38(62-27(3)19-20-28(62)4)47(50-42)55-44-36(60(15)16)40(64-31(7)23-24-32(64)8)48(52-44)56-43-35(59(13)14)39(46(51-43)54-41)63-29(5)21-22-30(63)6/h17-24H,1-16H3,(H2,49,50,51,52,53,54,55,56). The molecule has 9 rings (SSSR count). The van der Waals surface area contributed by atoms with Crippen LogP contribution in [0.25, 0.3) is 56.8 Å². The second kappa shape index (κ2) is 15.2. The Morgan fingerprint density at radius 1 is 0.328 bits per heavy atom. The molecule has 16 heteroatoms. The zero-order chi connectivity index (χ0) is 45.8. The summed E-state index contributed by atoms with van der Waals surface area (Å²) < 4.78 is 8.88. The predicted molar refractivity (Wildman–Crippen MR) is 258 cm³/mol. The summed E-state index contributed by atoms with van der Waals surface area (Å²) in [6.07, 6.45) is 0. The van der Waals surface area contributed by atoms with Crippen LogP contribution in [0.5, 0.6) is 0 Å². The molecule has 8 bridgehead atoms. The minimum absolute atomic E-state index is 0.503. The van der Waals surface area contributed by atoms with Crippen LogP contribution >= 0.6 is 0 Å². The number of aromatic nitrogens is 12. The molecule has 64 heavy (non-hydrogen) atoms. The van der Waals surface area contributed by atoms with Gasteiger partial charge in [-0.25, -0.2) is 29.9 Å². The highest BCUT2D eigenvalue weighted by Crippen LogP contribution is 2.40. The highest BCUT2D eigenvalue weighted by atomic mass is 15.3. The lowest BCUT2D eigenvalue weighted by atomic mass is 10.2. The van der Waals surface area contributed by atoms with Crippen molar-refractivity contribution in [2.45, 2.75) is 55.4 Å². The van der Waals surface area contributed by atoms with Crippen LogP contribution in [0.2, 0.25) is 0 Å². The van der Waals surface area contributed by atoms with E-state index >= 15 is 0 Å². The van der Waals surface area contributed by atoms with Crippen molar-refractivity contribution in [3.63, 3.8) is 0 Å². The Kier molecular flexibility index (Phi) is 9.95. The third-order valence-electron chi connectivity index (χ3n) is 12.2. The molecule has 0 saturated heterocycles. The summed E-state index contributed by atoms with van der Waals surface area (Å²) >= 11 is 0. The summed E-state index contributed by atoms with van der Waals surface area (Å²) in [6.45, 7) is 16.9. The highest BCUT2D eigenvalue weighted by molar-refractivity contribution is 5.96. The maximum absolute atomic E-state index is 5.52. The summed E-state index contributed by atoms with van der Waals surface area (Å²) in [7, 11) is 16.3. The van der Waals surface area contributed by atoms with Crippen LogP contribution in [0.3, 0.4) is 0 Å². The van der Waals surface area contributed by atoms with E-state index in [0.29, 0.717) is 45.9 Å². The summed E-state index contributed by atoms with van der Waals surface area (Å²) in [5.41, 5.74) is 17.4. The molecular weight excluding hydrogens is 801 g/mol. The average Bonchev–Trinajstić information content (AvgIpc) is 4.10. The van der Waals surface area contributed by atoms with Crippen LogP contribution in [-0.4, -0.2) is 124 Å². The van der Waals surface area contributed by atoms with Gasteiger partial charge in [-0.15, -0.1) is 0 Å². The summed E-state index contributed by atoms with van der Waals surface area (Å²) in [5.74, 6) is 2.01. The molecule has 0 atom stereocenters. The summed E-state index contributed by atoms with van der Waals surface area (Å²) in [5, 5.41) is 0. The topological polar surface area (TPSA) is 142 Å². The molecule has 0 amide bonds. The molecule has 0 aliphatic carbocycles. The first-order valence-electron chi connectivity index (χ1n) is 21.5. The van der Waals surface area contributed by atoms with Gasteiger partial charge in [-0.3, -0.25) is 0 Å². The Balaban J connectivity index is 1.58. The number of hydrogen-bond acceptors (Lipinski definition) is 10. The number of H-pyrrole nitrogens is 2. The van der Waals surface area contributed by atoms with Crippen molar-refractivity contribution >= 4 is 56.8 Å². The Morgan fingerprint density at radius 2 is 0.594 bits per heavy atom. The fourth-order valence-corrected chi connectivity index (χ4v) is 9.40. The number of fused-ring (bicyclic) bond motifs is 8. The molecule has 7 aromatic rings. The first kappa shape index (κ1) is 42.0. The van der Waals surface area contributed by atoms with Gasteiger partial charge in [0.25, 0.3) is 0 Å². The minimum atomic E-state index is 0.503. The van der Waals surface area contributed by atoms with Gasteiger partial charge in [-0.05, 0) is 104 Å². The Morgan fingerprint density at radius 3 is 0.859 bits per heavy atom. The van der Waals surface area contributed by atoms with Crippen molar-refractivity contribution in [2.24, 2.45) is 0 Å². The highest BCUT2D eigenvalue weighted by Gasteiger charge is 2.32. The van der Waals surface area contributed by atoms with Crippen LogP contribution in [0, 0.1) is 55.4 Å². The molecule has 16 nitrogen and oxygen atoms in total. The van der Waals surface area contributed by atoms with Gasteiger partial charge >= 0.3 is 0 Å². The van der Waals surface area contributed by atoms with E-state index in [1.165, 1.54) is 0 Å². The summed E-state index contributed by atoms with van der Waals surface area (Å²) in [6, 6.07) is 17.0. The van der Waals surface area contributed by atoms with E-state index in [9.17, 15) is 0 Å². The van der Waals surface area contributed by atoms with Crippen LogP contribution in [0.1, 0.15) is 68.8 Å². The van der Waals surface area contributed by atoms with Crippen molar-refractivity contribution in [2.75, 3.05) is 66.2 Å².